The topological polar surface area (TPSA) is 26.0 Å². The lowest BCUT2D eigenvalue weighted by atomic mass is 9.77. The summed E-state index contributed by atoms with van der Waals surface area (Å²) in [7, 11) is 0. The number of rotatable bonds is 1. The number of nitrogen functional groups attached to an aromatic ring is 1. The molecular formula is C10H12FN. The molecule has 0 amide bonds. The Bertz CT molecular complexity index is 292. The first kappa shape index (κ1) is 7.59. The zero-order valence-corrected chi connectivity index (χ0v) is 6.89. The standard InChI is InChI=1S/C10H12FN/c11-10(5-2-6-10)8-3-1-4-9(12)7-8/h1,3-4,7H,2,5-6,12H2. The van der Waals surface area contributed by atoms with Crippen LogP contribution in [-0.4, -0.2) is 0 Å². The van der Waals surface area contributed by atoms with Gasteiger partial charge in [0, 0.05) is 5.69 Å². The van der Waals surface area contributed by atoms with Gasteiger partial charge < -0.3 is 5.73 Å². The van der Waals surface area contributed by atoms with E-state index in [-0.39, 0.29) is 0 Å². The van der Waals surface area contributed by atoms with Gasteiger partial charge in [-0.05, 0) is 37.0 Å². The maximum atomic E-state index is 13.8. The third kappa shape index (κ3) is 1.07. The molecule has 0 aromatic heterocycles. The molecule has 1 aromatic rings. The molecule has 0 atom stereocenters. The van der Waals surface area contributed by atoms with Crippen LogP contribution in [0.4, 0.5) is 10.1 Å². The third-order valence-electron chi connectivity index (χ3n) is 2.55. The summed E-state index contributed by atoms with van der Waals surface area (Å²) in [4.78, 5) is 0. The Kier molecular flexibility index (Phi) is 1.56. The molecule has 0 heterocycles. The first-order valence-electron chi connectivity index (χ1n) is 4.26. The number of anilines is 1. The van der Waals surface area contributed by atoms with Crippen molar-refractivity contribution in [1.82, 2.24) is 0 Å². The molecular weight excluding hydrogens is 153 g/mol. The molecule has 1 aliphatic carbocycles. The Morgan fingerprint density at radius 1 is 1.33 bits per heavy atom. The van der Waals surface area contributed by atoms with E-state index in [4.69, 9.17) is 5.73 Å². The van der Waals surface area contributed by atoms with Gasteiger partial charge in [-0.1, -0.05) is 12.1 Å². The number of nitrogens with two attached hydrogens (primary N) is 1. The summed E-state index contributed by atoms with van der Waals surface area (Å²) in [6.07, 6.45) is 2.29. The molecule has 1 nitrogen and oxygen atoms in total. The molecule has 12 heavy (non-hydrogen) atoms. The number of hydrogen-bond donors (Lipinski definition) is 1. The van der Waals surface area contributed by atoms with Crippen LogP contribution in [0, 0.1) is 0 Å². The minimum absolute atomic E-state index is 0.649. The van der Waals surface area contributed by atoms with Crippen molar-refractivity contribution in [2.45, 2.75) is 24.9 Å². The van der Waals surface area contributed by atoms with Crippen LogP contribution in [0.1, 0.15) is 24.8 Å². The highest BCUT2D eigenvalue weighted by molar-refractivity contribution is 5.43. The lowest BCUT2D eigenvalue weighted by Crippen LogP contribution is -2.28. The molecule has 64 valence electrons. The van der Waals surface area contributed by atoms with Gasteiger partial charge >= 0.3 is 0 Å². The maximum absolute atomic E-state index is 13.8. The predicted molar refractivity (Wildman–Crippen MR) is 47.5 cm³/mol. The zero-order chi connectivity index (χ0) is 8.60. The normalized spacial score (nSPS) is 20.1. The second kappa shape index (κ2) is 2.47. The first-order chi connectivity index (χ1) is 5.71. The molecule has 1 aliphatic rings. The highest BCUT2D eigenvalue weighted by atomic mass is 19.1. The van der Waals surface area contributed by atoms with Gasteiger partial charge in [-0.2, -0.15) is 0 Å². The molecule has 0 aliphatic heterocycles. The molecule has 2 heteroatoms. The second-order valence-electron chi connectivity index (χ2n) is 3.44. The second-order valence-corrected chi connectivity index (χ2v) is 3.44. The summed E-state index contributed by atoms with van der Waals surface area (Å²) in [5.41, 5.74) is 5.89. The summed E-state index contributed by atoms with van der Waals surface area (Å²) in [6.45, 7) is 0. The zero-order valence-electron chi connectivity index (χ0n) is 6.89. The van der Waals surface area contributed by atoms with E-state index in [1.165, 1.54) is 0 Å². The van der Waals surface area contributed by atoms with Crippen LogP contribution in [0.2, 0.25) is 0 Å². The Morgan fingerprint density at radius 2 is 2.08 bits per heavy atom. The van der Waals surface area contributed by atoms with Crippen molar-refractivity contribution >= 4 is 5.69 Å². The van der Waals surface area contributed by atoms with Crippen molar-refractivity contribution in [2.75, 3.05) is 5.73 Å². The van der Waals surface area contributed by atoms with Gasteiger partial charge in [0.2, 0.25) is 0 Å². The summed E-state index contributed by atoms with van der Waals surface area (Å²) in [6, 6.07) is 7.14. The molecule has 2 rings (SSSR count). The molecule has 0 unspecified atom stereocenters. The van der Waals surface area contributed by atoms with E-state index in [0.29, 0.717) is 18.5 Å². The van der Waals surface area contributed by atoms with Crippen molar-refractivity contribution in [3.05, 3.63) is 29.8 Å². The van der Waals surface area contributed by atoms with E-state index in [1.54, 1.807) is 12.1 Å². The summed E-state index contributed by atoms with van der Waals surface area (Å²) >= 11 is 0. The van der Waals surface area contributed by atoms with Gasteiger partial charge in [0.15, 0.2) is 0 Å². The fourth-order valence-corrected chi connectivity index (χ4v) is 1.59. The van der Waals surface area contributed by atoms with Crippen LogP contribution in [-0.2, 0) is 5.67 Å². The van der Waals surface area contributed by atoms with Crippen LogP contribution in [0.5, 0.6) is 0 Å². The SMILES string of the molecule is Nc1cccc(C2(F)CCC2)c1. The molecule has 1 saturated carbocycles. The summed E-state index contributed by atoms with van der Waals surface area (Å²) < 4.78 is 13.8. The van der Waals surface area contributed by atoms with E-state index in [9.17, 15) is 4.39 Å². The highest BCUT2D eigenvalue weighted by Crippen LogP contribution is 2.45. The Hall–Kier alpha value is -1.05. The average molecular weight is 165 g/mol. The number of halogens is 1. The van der Waals surface area contributed by atoms with Gasteiger partial charge in [-0.3, -0.25) is 0 Å². The minimum Gasteiger partial charge on any atom is -0.399 e. The summed E-state index contributed by atoms with van der Waals surface area (Å²) in [5, 5.41) is 0. The molecule has 0 bridgehead atoms. The summed E-state index contributed by atoms with van der Waals surface area (Å²) in [5.74, 6) is 0. The van der Waals surface area contributed by atoms with E-state index in [0.717, 1.165) is 12.0 Å². The lowest BCUT2D eigenvalue weighted by molar-refractivity contribution is 0.0610. The van der Waals surface area contributed by atoms with E-state index in [2.05, 4.69) is 0 Å². The molecule has 1 aromatic carbocycles. The number of alkyl halides is 1. The predicted octanol–water partition coefficient (Wildman–Crippen LogP) is 2.62. The van der Waals surface area contributed by atoms with Crippen LogP contribution in [0.15, 0.2) is 24.3 Å². The van der Waals surface area contributed by atoms with Crippen molar-refractivity contribution in [2.24, 2.45) is 0 Å². The fourth-order valence-electron chi connectivity index (χ4n) is 1.59. The maximum Gasteiger partial charge on any atom is 0.136 e. The minimum atomic E-state index is -1.07. The molecule has 0 spiro atoms. The van der Waals surface area contributed by atoms with Crippen LogP contribution >= 0.6 is 0 Å². The van der Waals surface area contributed by atoms with Crippen molar-refractivity contribution in [3.63, 3.8) is 0 Å². The molecule has 0 saturated heterocycles. The fraction of sp³-hybridized carbons (Fsp3) is 0.400. The van der Waals surface area contributed by atoms with Crippen molar-refractivity contribution in [1.29, 1.82) is 0 Å². The number of hydrogen-bond acceptors (Lipinski definition) is 1. The molecule has 1 fully saturated rings. The molecule has 0 radical (unpaired) electrons. The largest absolute Gasteiger partial charge is 0.399 e. The Morgan fingerprint density at radius 3 is 2.58 bits per heavy atom. The van der Waals surface area contributed by atoms with E-state index in [1.807, 2.05) is 12.1 Å². The van der Waals surface area contributed by atoms with Gasteiger partial charge in [0.05, 0.1) is 0 Å². The van der Waals surface area contributed by atoms with Gasteiger partial charge in [0.25, 0.3) is 0 Å². The smallest absolute Gasteiger partial charge is 0.136 e. The van der Waals surface area contributed by atoms with Crippen molar-refractivity contribution in [3.8, 4) is 0 Å². The van der Waals surface area contributed by atoms with Crippen LogP contribution in [0.3, 0.4) is 0 Å². The van der Waals surface area contributed by atoms with Crippen molar-refractivity contribution < 1.29 is 4.39 Å². The third-order valence-corrected chi connectivity index (χ3v) is 2.55. The van der Waals surface area contributed by atoms with Crippen LogP contribution in [0.25, 0.3) is 0 Å². The Labute approximate surface area is 71.4 Å². The highest BCUT2D eigenvalue weighted by Gasteiger charge is 2.38. The monoisotopic (exact) mass is 165 g/mol. The average Bonchev–Trinajstić information content (AvgIpc) is 2.00. The Balaban J connectivity index is 2.33. The lowest BCUT2D eigenvalue weighted by Gasteiger charge is -2.34. The van der Waals surface area contributed by atoms with E-state index >= 15 is 0 Å². The van der Waals surface area contributed by atoms with Crippen LogP contribution < -0.4 is 5.73 Å². The quantitative estimate of drug-likeness (QED) is 0.636. The molecule has 2 N–H and O–H groups in total. The van der Waals surface area contributed by atoms with E-state index < -0.39 is 5.67 Å². The first-order valence-corrected chi connectivity index (χ1v) is 4.26. The van der Waals surface area contributed by atoms with Gasteiger partial charge in [-0.25, -0.2) is 4.39 Å². The van der Waals surface area contributed by atoms with Gasteiger partial charge in [0.1, 0.15) is 5.67 Å². The number of benzene rings is 1. The van der Waals surface area contributed by atoms with Gasteiger partial charge in [-0.15, -0.1) is 0 Å².